The Kier molecular flexibility index (Phi) is 2.15. The lowest BCUT2D eigenvalue weighted by molar-refractivity contribution is 1.31. The first kappa shape index (κ1) is 9.10. The molecule has 2 aromatic carbocycles. The summed E-state index contributed by atoms with van der Waals surface area (Å²) < 4.78 is 0. The molecule has 16 heavy (non-hydrogen) atoms. The Bertz CT molecular complexity index is 614. The second-order valence-corrected chi connectivity index (χ2v) is 3.71. The first-order valence-corrected chi connectivity index (χ1v) is 5.26. The molecule has 0 aliphatic heterocycles. The Morgan fingerprint density at radius 3 is 2.50 bits per heavy atom. The van der Waals surface area contributed by atoms with Crippen molar-refractivity contribution < 1.29 is 0 Å². The molecular weight excluding hydrogens is 194 g/mol. The third-order valence-electron chi connectivity index (χ3n) is 2.66. The average molecular weight is 204 g/mol. The fourth-order valence-electron chi connectivity index (χ4n) is 1.84. The van der Waals surface area contributed by atoms with E-state index in [1.807, 2.05) is 18.2 Å². The minimum Gasteiger partial charge on any atom is -0.246 e. The van der Waals surface area contributed by atoms with E-state index in [0.29, 0.717) is 0 Å². The lowest BCUT2D eigenvalue weighted by Crippen LogP contribution is -1.82. The van der Waals surface area contributed by atoms with Gasteiger partial charge in [-0.2, -0.15) is 0 Å². The van der Waals surface area contributed by atoms with Crippen LogP contribution in [0.2, 0.25) is 0 Å². The Balaban J connectivity index is 2.19. The van der Waals surface area contributed by atoms with Crippen molar-refractivity contribution in [2.24, 2.45) is 0 Å². The summed E-state index contributed by atoms with van der Waals surface area (Å²) in [7, 11) is 0. The monoisotopic (exact) mass is 204 g/mol. The molecule has 3 aromatic rings. The van der Waals surface area contributed by atoms with Gasteiger partial charge in [0.05, 0.1) is 11.9 Å². The normalized spacial score (nSPS) is 10.5. The van der Waals surface area contributed by atoms with Crippen LogP contribution in [0.4, 0.5) is 0 Å². The van der Waals surface area contributed by atoms with Gasteiger partial charge in [0, 0.05) is 5.56 Å². The van der Waals surface area contributed by atoms with Gasteiger partial charge >= 0.3 is 0 Å². The first-order chi connectivity index (χ1) is 7.93. The Morgan fingerprint density at radius 2 is 1.69 bits per heavy atom. The molecule has 0 N–H and O–H groups in total. The molecule has 1 heterocycles. The maximum Gasteiger partial charge on any atom is 0.0893 e. The number of pyridine rings is 1. The summed E-state index contributed by atoms with van der Waals surface area (Å²) in [6.45, 7) is 0. The van der Waals surface area contributed by atoms with Crippen molar-refractivity contribution in [1.82, 2.24) is 4.98 Å². The molecule has 0 amide bonds. The fraction of sp³-hybridized carbons (Fsp3) is 0. The van der Waals surface area contributed by atoms with Crippen molar-refractivity contribution in [2.45, 2.75) is 0 Å². The van der Waals surface area contributed by atoms with E-state index < -0.39 is 0 Å². The molecule has 0 unspecified atom stereocenters. The summed E-state index contributed by atoms with van der Waals surface area (Å²) in [6.07, 6.45) is 2.86. The van der Waals surface area contributed by atoms with Crippen LogP contribution in [0.5, 0.6) is 0 Å². The van der Waals surface area contributed by atoms with Crippen LogP contribution < -0.4 is 0 Å². The van der Waals surface area contributed by atoms with Crippen molar-refractivity contribution in [3.8, 4) is 11.3 Å². The molecule has 75 valence electrons. The molecule has 0 aliphatic carbocycles. The van der Waals surface area contributed by atoms with Crippen LogP contribution in [0.15, 0.2) is 60.7 Å². The molecule has 0 saturated carbocycles. The molecule has 1 heteroatoms. The van der Waals surface area contributed by atoms with E-state index in [-0.39, 0.29) is 0 Å². The largest absolute Gasteiger partial charge is 0.246 e. The second-order valence-electron chi connectivity index (χ2n) is 3.71. The van der Waals surface area contributed by atoms with Gasteiger partial charge in [-0.1, -0.05) is 42.5 Å². The summed E-state index contributed by atoms with van der Waals surface area (Å²) in [5, 5.41) is 2.50. The molecular formula is C15H10N. The van der Waals surface area contributed by atoms with Crippen molar-refractivity contribution in [2.75, 3.05) is 0 Å². The molecule has 0 aliphatic rings. The van der Waals surface area contributed by atoms with Crippen LogP contribution >= 0.6 is 0 Å². The summed E-state index contributed by atoms with van der Waals surface area (Å²) in [5.41, 5.74) is 2.10. The molecule has 3 rings (SSSR count). The van der Waals surface area contributed by atoms with E-state index in [2.05, 4.69) is 53.6 Å². The number of fused-ring (bicyclic) bond motifs is 1. The maximum atomic E-state index is 4.23. The van der Waals surface area contributed by atoms with Crippen LogP contribution in [0.25, 0.3) is 22.0 Å². The quantitative estimate of drug-likeness (QED) is 0.589. The second kappa shape index (κ2) is 3.78. The van der Waals surface area contributed by atoms with Gasteiger partial charge in [0.25, 0.3) is 0 Å². The van der Waals surface area contributed by atoms with Crippen LogP contribution in [-0.4, -0.2) is 4.98 Å². The Hall–Kier alpha value is -2.15. The van der Waals surface area contributed by atoms with Gasteiger partial charge < -0.3 is 0 Å². The molecule has 0 atom stereocenters. The number of hydrogen-bond donors (Lipinski definition) is 0. The minimum atomic E-state index is 0.966. The third kappa shape index (κ3) is 1.57. The zero-order chi connectivity index (χ0) is 10.8. The highest BCUT2D eigenvalue weighted by Crippen LogP contribution is 2.22. The van der Waals surface area contributed by atoms with Gasteiger partial charge in [-0.15, -0.1) is 0 Å². The van der Waals surface area contributed by atoms with Gasteiger partial charge in [-0.3, -0.25) is 0 Å². The summed E-state index contributed by atoms with van der Waals surface area (Å²) in [5.74, 6) is 0. The molecule has 1 nitrogen and oxygen atoms in total. The van der Waals surface area contributed by atoms with Gasteiger partial charge in [0.1, 0.15) is 0 Å². The van der Waals surface area contributed by atoms with Gasteiger partial charge in [-0.25, -0.2) is 4.98 Å². The van der Waals surface area contributed by atoms with E-state index in [9.17, 15) is 0 Å². The van der Waals surface area contributed by atoms with Gasteiger partial charge in [0.2, 0.25) is 0 Å². The fourth-order valence-corrected chi connectivity index (χ4v) is 1.84. The Morgan fingerprint density at radius 1 is 0.812 bits per heavy atom. The first-order valence-electron chi connectivity index (χ1n) is 5.26. The zero-order valence-corrected chi connectivity index (χ0v) is 8.72. The van der Waals surface area contributed by atoms with Gasteiger partial charge in [-0.05, 0) is 29.0 Å². The van der Waals surface area contributed by atoms with Gasteiger partial charge in [0.15, 0.2) is 0 Å². The molecule has 0 fully saturated rings. The minimum absolute atomic E-state index is 0.966. The highest BCUT2D eigenvalue weighted by atomic mass is 14.7. The topological polar surface area (TPSA) is 12.9 Å². The predicted octanol–water partition coefficient (Wildman–Crippen LogP) is 3.70. The summed E-state index contributed by atoms with van der Waals surface area (Å²) in [6, 6.07) is 20.5. The Labute approximate surface area is 94.4 Å². The van der Waals surface area contributed by atoms with Crippen molar-refractivity contribution in [3.63, 3.8) is 0 Å². The highest BCUT2D eigenvalue weighted by Gasteiger charge is 1.99. The lowest BCUT2D eigenvalue weighted by atomic mass is 10.0. The number of rotatable bonds is 1. The summed E-state index contributed by atoms with van der Waals surface area (Å²) >= 11 is 0. The van der Waals surface area contributed by atoms with E-state index >= 15 is 0 Å². The lowest BCUT2D eigenvalue weighted by Gasteiger charge is -2.02. The predicted molar refractivity (Wildman–Crippen MR) is 66.0 cm³/mol. The zero-order valence-electron chi connectivity index (χ0n) is 8.72. The van der Waals surface area contributed by atoms with E-state index in [4.69, 9.17) is 0 Å². The number of hydrogen-bond acceptors (Lipinski definition) is 1. The van der Waals surface area contributed by atoms with Crippen molar-refractivity contribution >= 4 is 10.8 Å². The van der Waals surface area contributed by atoms with Crippen LogP contribution in [-0.2, 0) is 0 Å². The van der Waals surface area contributed by atoms with E-state index in [1.165, 1.54) is 10.8 Å². The molecule has 0 spiro atoms. The van der Waals surface area contributed by atoms with E-state index in [0.717, 1.165) is 11.3 Å². The SMILES string of the molecule is [c]1cccc(-c2ccc3ccccc3c2)n1. The molecule has 0 saturated heterocycles. The number of benzene rings is 2. The maximum absolute atomic E-state index is 4.23. The van der Waals surface area contributed by atoms with Crippen LogP contribution in [0.1, 0.15) is 0 Å². The average Bonchev–Trinajstić information content (AvgIpc) is 2.39. The van der Waals surface area contributed by atoms with E-state index in [1.54, 1.807) is 0 Å². The highest BCUT2D eigenvalue weighted by molar-refractivity contribution is 5.86. The van der Waals surface area contributed by atoms with Crippen molar-refractivity contribution in [3.05, 3.63) is 66.9 Å². The molecule has 1 radical (unpaired) electrons. The van der Waals surface area contributed by atoms with Crippen molar-refractivity contribution in [1.29, 1.82) is 0 Å². The summed E-state index contributed by atoms with van der Waals surface area (Å²) in [4.78, 5) is 4.23. The van der Waals surface area contributed by atoms with Crippen LogP contribution in [0.3, 0.4) is 0 Å². The standard InChI is InChI=1S/C15H10N/c1-2-6-13-11-14(9-8-12(13)5-1)15-7-3-4-10-16-15/h1-9,11H. The van der Waals surface area contributed by atoms with Crippen LogP contribution in [0, 0.1) is 6.20 Å². The molecule has 0 bridgehead atoms. The number of aromatic nitrogens is 1. The smallest absolute Gasteiger partial charge is 0.0893 e. The third-order valence-corrected chi connectivity index (χ3v) is 2.66. The molecule has 1 aromatic heterocycles. The number of nitrogens with zero attached hydrogens (tertiary/aromatic N) is 1.